The lowest BCUT2D eigenvalue weighted by molar-refractivity contribution is 0.286. The third-order valence-corrected chi connectivity index (χ3v) is 14.1. The van der Waals surface area contributed by atoms with E-state index in [0.29, 0.717) is 17.8 Å². The molecule has 294 valence electrons. The molecule has 0 amide bonds. The normalized spacial score (nSPS) is 20.5. The van der Waals surface area contributed by atoms with Crippen LogP contribution in [0.4, 0.5) is 0 Å². The lowest BCUT2D eigenvalue weighted by Gasteiger charge is -2.41. The largest absolute Gasteiger partial charge is 0.314 e. The van der Waals surface area contributed by atoms with E-state index in [1.165, 1.54) is 67.1 Å². The molecule has 3 aliphatic carbocycles. The van der Waals surface area contributed by atoms with Crippen molar-refractivity contribution in [2.45, 2.75) is 64.7 Å². The molecule has 5 aromatic carbocycles. The number of allylic oxidation sites excluding steroid dienone is 2. The van der Waals surface area contributed by atoms with Gasteiger partial charge in [-0.25, -0.2) is 9.97 Å². The quantitative estimate of drug-likeness (QED) is 0.169. The van der Waals surface area contributed by atoms with Crippen LogP contribution in [0.5, 0.6) is 0 Å². The minimum atomic E-state index is -0.0205. The van der Waals surface area contributed by atoms with Crippen LogP contribution in [0.1, 0.15) is 79.4 Å². The van der Waals surface area contributed by atoms with E-state index in [1.54, 1.807) is 11.1 Å². The van der Waals surface area contributed by atoms with Crippen molar-refractivity contribution in [1.82, 2.24) is 19.1 Å². The van der Waals surface area contributed by atoms with E-state index in [0.717, 1.165) is 42.8 Å². The van der Waals surface area contributed by atoms with Crippen molar-refractivity contribution in [3.05, 3.63) is 191 Å². The fourth-order valence-corrected chi connectivity index (χ4v) is 10.7. The van der Waals surface area contributed by atoms with Gasteiger partial charge in [-0.2, -0.15) is 0 Å². The second-order valence-corrected chi connectivity index (χ2v) is 17.9. The first kappa shape index (κ1) is 36.6. The molecule has 0 saturated heterocycles. The fourth-order valence-electron chi connectivity index (χ4n) is 10.7. The highest BCUT2D eigenvalue weighted by Crippen LogP contribution is 2.49. The summed E-state index contributed by atoms with van der Waals surface area (Å²) in [6.45, 7) is 9.70. The Morgan fingerprint density at radius 3 is 2.12 bits per heavy atom. The monoisotopic (exact) mass is 778 g/mol. The molecule has 4 nitrogen and oxygen atoms in total. The Hall–Kier alpha value is -6.52. The van der Waals surface area contributed by atoms with E-state index < -0.39 is 0 Å². The highest BCUT2D eigenvalue weighted by atomic mass is 15.2. The van der Waals surface area contributed by atoms with E-state index >= 15 is 0 Å². The molecule has 8 aromatic rings. The van der Waals surface area contributed by atoms with Crippen molar-refractivity contribution >= 4 is 23.1 Å². The summed E-state index contributed by atoms with van der Waals surface area (Å²) in [5.41, 5.74) is 19.3. The third-order valence-electron chi connectivity index (χ3n) is 14.1. The van der Waals surface area contributed by atoms with Gasteiger partial charge in [-0.05, 0) is 124 Å². The third kappa shape index (κ3) is 5.87. The van der Waals surface area contributed by atoms with Gasteiger partial charge < -0.3 is 4.57 Å². The molecule has 0 radical (unpaired) electrons. The number of fused-ring (bicyclic) bond motifs is 6. The summed E-state index contributed by atoms with van der Waals surface area (Å²) in [5.74, 6) is 2.06. The highest BCUT2D eigenvalue weighted by Gasteiger charge is 2.42. The molecule has 0 fully saturated rings. The van der Waals surface area contributed by atoms with Gasteiger partial charge in [0.05, 0.1) is 5.52 Å². The molecule has 0 spiro atoms. The summed E-state index contributed by atoms with van der Waals surface area (Å²) in [7, 11) is 0. The smallest absolute Gasteiger partial charge is 0.234 e. The second-order valence-electron chi connectivity index (χ2n) is 17.9. The van der Waals surface area contributed by atoms with E-state index in [2.05, 4.69) is 189 Å². The molecule has 60 heavy (non-hydrogen) atoms. The number of hydrogen-bond donors (Lipinski definition) is 0. The number of nitrogens with zero attached hydrogens (tertiary/aromatic N) is 4. The SMILES string of the molecule is CC1C=Cc2c(c3c(n2-c2ccccc2)CC(C)C(C)(c2ccc4c(c2)c2c(n4-c4ncc(-c5ccccc5-c5cccc(-c6ccccc6)c5)cn4)C(C)CC=C2)C3)C1. The van der Waals surface area contributed by atoms with Crippen molar-refractivity contribution < 1.29 is 0 Å². The second kappa shape index (κ2) is 14.3. The van der Waals surface area contributed by atoms with Crippen LogP contribution in [-0.2, 0) is 24.7 Å². The van der Waals surface area contributed by atoms with Gasteiger partial charge in [0.2, 0.25) is 5.95 Å². The standard InChI is InChI=1S/C56H50N4/c1-36-25-27-51-48(29-36)50-33-56(4,38(3)30-53(50)59(51)44-20-9-6-10-21-44)43-26-28-52-49(32-43)47-24-13-15-37(2)54(47)60(52)55-57-34-42(35-58-55)46-23-12-11-22-45(46)41-19-14-18-40(31-41)39-16-7-5-8-17-39/h5-14,16-28,31-32,34-38H,15,29-30,33H2,1-4H3. The zero-order valence-corrected chi connectivity index (χ0v) is 34.9. The van der Waals surface area contributed by atoms with Crippen LogP contribution in [0.2, 0.25) is 0 Å². The van der Waals surface area contributed by atoms with Crippen molar-refractivity contribution in [2.24, 2.45) is 11.8 Å². The first-order valence-corrected chi connectivity index (χ1v) is 21.8. The van der Waals surface area contributed by atoms with E-state index in [1.807, 2.05) is 12.4 Å². The van der Waals surface area contributed by atoms with Gasteiger partial charge in [-0.1, -0.05) is 143 Å². The van der Waals surface area contributed by atoms with Gasteiger partial charge in [0.15, 0.2) is 0 Å². The van der Waals surface area contributed by atoms with Crippen LogP contribution < -0.4 is 0 Å². The molecule has 0 bridgehead atoms. The lowest BCUT2D eigenvalue weighted by atomic mass is 9.63. The maximum absolute atomic E-state index is 5.15. The van der Waals surface area contributed by atoms with Crippen LogP contribution in [0.3, 0.4) is 0 Å². The number of aromatic nitrogens is 4. The molecule has 3 aromatic heterocycles. The topological polar surface area (TPSA) is 35.6 Å². The van der Waals surface area contributed by atoms with Crippen LogP contribution in [-0.4, -0.2) is 19.1 Å². The number of benzene rings is 5. The van der Waals surface area contributed by atoms with Gasteiger partial charge in [0, 0.05) is 57.6 Å². The predicted molar refractivity (Wildman–Crippen MR) is 249 cm³/mol. The van der Waals surface area contributed by atoms with E-state index in [4.69, 9.17) is 9.97 Å². The maximum atomic E-state index is 5.15. The van der Waals surface area contributed by atoms with Crippen molar-refractivity contribution in [3.63, 3.8) is 0 Å². The number of hydrogen-bond acceptors (Lipinski definition) is 2. The van der Waals surface area contributed by atoms with E-state index in [-0.39, 0.29) is 5.41 Å². The zero-order chi connectivity index (χ0) is 40.5. The van der Waals surface area contributed by atoms with E-state index in [9.17, 15) is 0 Å². The van der Waals surface area contributed by atoms with Crippen LogP contribution >= 0.6 is 0 Å². The number of para-hydroxylation sites is 1. The summed E-state index contributed by atoms with van der Waals surface area (Å²) in [5, 5.41) is 1.29. The first-order valence-electron chi connectivity index (χ1n) is 21.8. The Morgan fingerprint density at radius 1 is 0.633 bits per heavy atom. The van der Waals surface area contributed by atoms with Gasteiger partial charge >= 0.3 is 0 Å². The molecule has 4 heteroatoms. The lowest BCUT2D eigenvalue weighted by Crippen LogP contribution is -2.38. The fraction of sp³-hybridized carbons (Fsp3) is 0.214. The molecule has 11 rings (SSSR count). The van der Waals surface area contributed by atoms with Gasteiger partial charge in [-0.3, -0.25) is 4.57 Å². The Morgan fingerprint density at radius 2 is 1.33 bits per heavy atom. The first-order chi connectivity index (χ1) is 29.4. The minimum absolute atomic E-state index is 0.0205. The molecule has 3 heterocycles. The van der Waals surface area contributed by atoms with Crippen molar-refractivity contribution in [1.29, 1.82) is 0 Å². The van der Waals surface area contributed by atoms with Crippen molar-refractivity contribution in [3.8, 4) is 45.0 Å². The molecular weight excluding hydrogens is 729 g/mol. The zero-order valence-electron chi connectivity index (χ0n) is 34.9. The summed E-state index contributed by atoms with van der Waals surface area (Å²) in [6.07, 6.45) is 17.7. The van der Waals surface area contributed by atoms with Crippen LogP contribution in [0.15, 0.2) is 152 Å². The molecular formula is C56H50N4. The minimum Gasteiger partial charge on any atom is -0.314 e. The highest BCUT2D eigenvalue weighted by molar-refractivity contribution is 5.94. The Bertz CT molecular complexity index is 2980. The molecule has 3 aliphatic rings. The maximum Gasteiger partial charge on any atom is 0.234 e. The molecule has 4 atom stereocenters. The van der Waals surface area contributed by atoms with Crippen molar-refractivity contribution in [2.75, 3.05) is 0 Å². The molecule has 0 saturated carbocycles. The predicted octanol–water partition coefficient (Wildman–Crippen LogP) is 13.6. The van der Waals surface area contributed by atoms with Crippen LogP contribution in [0, 0.1) is 11.8 Å². The summed E-state index contributed by atoms with van der Waals surface area (Å²) < 4.78 is 4.92. The molecule has 0 N–H and O–H groups in total. The average molecular weight is 779 g/mol. The summed E-state index contributed by atoms with van der Waals surface area (Å²) in [4.78, 5) is 10.3. The molecule has 0 aliphatic heterocycles. The van der Waals surface area contributed by atoms with Gasteiger partial charge in [-0.15, -0.1) is 0 Å². The molecule has 4 unspecified atom stereocenters. The summed E-state index contributed by atoms with van der Waals surface area (Å²) >= 11 is 0. The van der Waals surface area contributed by atoms with Crippen LogP contribution in [0.25, 0.3) is 68.1 Å². The Labute approximate surface area is 353 Å². The number of rotatable bonds is 6. The van der Waals surface area contributed by atoms with Gasteiger partial charge in [0.25, 0.3) is 0 Å². The van der Waals surface area contributed by atoms with Gasteiger partial charge in [0.1, 0.15) is 0 Å². The Kier molecular flexibility index (Phi) is 8.74. The summed E-state index contributed by atoms with van der Waals surface area (Å²) in [6, 6.07) is 46.3. The average Bonchev–Trinajstić information content (AvgIpc) is 3.79. The Balaban J connectivity index is 0.978.